The summed E-state index contributed by atoms with van der Waals surface area (Å²) in [4.78, 5) is 16.5. The molecular weight excluding hydrogens is 366 g/mol. The van der Waals surface area contributed by atoms with Gasteiger partial charge < -0.3 is 9.88 Å². The number of nitrogens with zero attached hydrogens (tertiary/aromatic N) is 2. The number of hydrogen-bond acceptors (Lipinski definition) is 2. The minimum atomic E-state index is -0.143. The highest BCUT2D eigenvalue weighted by atomic mass is 79.9. The van der Waals surface area contributed by atoms with Gasteiger partial charge in [-0.05, 0) is 54.4 Å². The number of hydrogen-bond donors (Lipinski definition) is 1. The van der Waals surface area contributed by atoms with Gasteiger partial charge in [-0.3, -0.25) is 4.79 Å². The van der Waals surface area contributed by atoms with E-state index in [1.807, 2.05) is 49.4 Å². The van der Waals surface area contributed by atoms with Crippen LogP contribution < -0.4 is 5.32 Å². The number of para-hydroxylation sites is 2. The lowest BCUT2D eigenvalue weighted by molar-refractivity contribution is -0.116. The molecule has 0 spiro atoms. The summed E-state index contributed by atoms with van der Waals surface area (Å²) < 4.78 is 2.67. The van der Waals surface area contributed by atoms with Gasteiger partial charge in [-0.2, -0.15) is 0 Å². The summed E-state index contributed by atoms with van der Waals surface area (Å²) in [6.07, 6.45) is 0. The van der Waals surface area contributed by atoms with Crippen LogP contribution in [0.2, 0.25) is 5.28 Å². The maximum absolute atomic E-state index is 12.3. The highest BCUT2D eigenvalue weighted by Gasteiger charge is 2.12. The number of rotatable bonds is 3. The number of benzene rings is 2. The molecule has 0 radical (unpaired) electrons. The number of anilines is 1. The van der Waals surface area contributed by atoms with E-state index in [2.05, 4.69) is 26.2 Å². The van der Waals surface area contributed by atoms with Crippen molar-refractivity contribution in [1.82, 2.24) is 9.55 Å². The number of aromatic nitrogens is 2. The van der Waals surface area contributed by atoms with Crippen molar-refractivity contribution in [3.05, 3.63) is 57.8 Å². The van der Waals surface area contributed by atoms with Gasteiger partial charge in [-0.1, -0.05) is 28.1 Å². The van der Waals surface area contributed by atoms with Gasteiger partial charge in [0.25, 0.3) is 0 Å². The molecule has 1 amide bonds. The molecule has 2 aromatic carbocycles. The van der Waals surface area contributed by atoms with Crippen molar-refractivity contribution in [1.29, 1.82) is 0 Å². The summed E-state index contributed by atoms with van der Waals surface area (Å²) in [7, 11) is 0. The third kappa shape index (κ3) is 3.00. The molecule has 3 rings (SSSR count). The Morgan fingerprint density at radius 2 is 2.09 bits per heavy atom. The molecule has 0 saturated carbocycles. The summed E-state index contributed by atoms with van der Waals surface area (Å²) in [6.45, 7) is 2.06. The second-order valence-corrected chi connectivity index (χ2v) is 6.22. The summed E-state index contributed by atoms with van der Waals surface area (Å²) in [5.74, 6) is -0.143. The Kier molecular flexibility index (Phi) is 4.18. The van der Waals surface area contributed by atoms with Crippen LogP contribution in [0.1, 0.15) is 5.56 Å². The molecule has 0 fully saturated rings. The Bertz CT molecular complexity index is 860. The molecule has 1 aromatic heterocycles. The van der Waals surface area contributed by atoms with Gasteiger partial charge in [0, 0.05) is 10.2 Å². The topological polar surface area (TPSA) is 46.9 Å². The summed E-state index contributed by atoms with van der Waals surface area (Å²) >= 11 is 9.54. The van der Waals surface area contributed by atoms with Crippen LogP contribution in [-0.2, 0) is 11.3 Å². The van der Waals surface area contributed by atoms with Crippen LogP contribution >= 0.6 is 27.5 Å². The van der Waals surface area contributed by atoms with Crippen LogP contribution in [0, 0.1) is 6.92 Å². The van der Waals surface area contributed by atoms with E-state index in [1.54, 1.807) is 4.57 Å². The van der Waals surface area contributed by atoms with Crippen LogP contribution in [0.25, 0.3) is 11.0 Å². The molecule has 4 nitrogen and oxygen atoms in total. The van der Waals surface area contributed by atoms with Gasteiger partial charge in [-0.25, -0.2) is 4.98 Å². The van der Waals surface area contributed by atoms with Crippen molar-refractivity contribution in [2.45, 2.75) is 13.5 Å². The summed E-state index contributed by atoms with van der Waals surface area (Å²) in [6, 6.07) is 13.3. The van der Waals surface area contributed by atoms with Gasteiger partial charge >= 0.3 is 0 Å². The van der Waals surface area contributed by atoms with Crippen LogP contribution in [-0.4, -0.2) is 15.5 Å². The van der Waals surface area contributed by atoms with Crippen molar-refractivity contribution >= 4 is 50.2 Å². The van der Waals surface area contributed by atoms with E-state index in [0.717, 1.165) is 26.8 Å². The van der Waals surface area contributed by atoms with Gasteiger partial charge in [-0.15, -0.1) is 0 Å². The number of imidazole rings is 1. The minimum Gasteiger partial charge on any atom is -0.324 e. The first kappa shape index (κ1) is 15.1. The average Bonchev–Trinajstić information content (AvgIpc) is 2.78. The molecule has 0 atom stereocenters. The zero-order chi connectivity index (χ0) is 15.7. The fraction of sp³-hybridized carbons (Fsp3) is 0.125. The largest absolute Gasteiger partial charge is 0.324 e. The number of amides is 1. The number of fused-ring (bicyclic) bond motifs is 1. The zero-order valence-electron chi connectivity index (χ0n) is 11.8. The van der Waals surface area contributed by atoms with E-state index in [9.17, 15) is 4.79 Å². The molecule has 3 aromatic rings. The molecule has 6 heteroatoms. The molecule has 112 valence electrons. The molecule has 0 bridgehead atoms. The molecule has 1 N–H and O–H groups in total. The van der Waals surface area contributed by atoms with E-state index in [-0.39, 0.29) is 12.5 Å². The Hall–Kier alpha value is -1.85. The lowest BCUT2D eigenvalue weighted by atomic mass is 10.2. The highest BCUT2D eigenvalue weighted by molar-refractivity contribution is 9.10. The van der Waals surface area contributed by atoms with Crippen molar-refractivity contribution in [2.75, 3.05) is 5.32 Å². The van der Waals surface area contributed by atoms with Crippen LogP contribution in [0.15, 0.2) is 46.9 Å². The Labute approximate surface area is 141 Å². The highest BCUT2D eigenvalue weighted by Crippen LogP contribution is 2.22. The van der Waals surface area contributed by atoms with Crippen molar-refractivity contribution in [2.24, 2.45) is 0 Å². The Morgan fingerprint density at radius 3 is 2.86 bits per heavy atom. The first-order valence-electron chi connectivity index (χ1n) is 6.71. The fourth-order valence-corrected chi connectivity index (χ4v) is 3.01. The van der Waals surface area contributed by atoms with Gasteiger partial charge in [0.2, 0.25) is 11.2 Å². The van der Waals surface area contributed by atoms with E-state index >= 15 is 0 Å². The van der Waals surface area contributed by atoms with E-state index in [4.69, 9.17) is 11.6 Å². The predicted octanol–water partition coefficient (Wildman–Crippen LogP) is 4.40. The van der Waals surface area contributed by atoms with Crippen molar-refractivity contribution in [3.8, 4) is 0 Å². The molecule has 0 aliphatic carbocycles. The second kappa shape index (κ2) is 6.10. The molecule has 22 heavy (non-hydrogen) atoms. The third-order valence-corrected chi connectivity index (χ3v) is 4.15. The lowest BCUT2D eigenvalue weighted by Gasteiger charge is -2.10. The number of carbonyl (C=O) groups excluding carboxylic acids is 1. The summed E-state index contributed by atoms with van der Waals surface area (Å²) in [5.41, 5.74) is 3.40. The minimum absolute atomic E-state index is 0.120. The molecule has 0 unspecified atom stereocenters. The smallest absolute Gasteiger partial charge is 0.244 e. The average molecular weight is 379 g/mol. The first-order chi connectivity index (χ1) is 10.5. The number of nitrogens with one attached hydrogen (secondary N) is 1. The predicted molar refractivity (Wildman–Crippen MR) is 92.3 cm³/mol. The van der Waals surface area contributed by atoms with Crippen molar-refractivity contribution < 1.29 is 4.79 Å². The number of carbonyl (C=O) groups is 1. The van der Waals surface area contributed by atoms with E-state index < -0.39 is 0 Å². The number of aryl methyl sites for hydroxylation is 1. The monoisotopic (exact) mass is 377 g/mol. The molecule has 0 aliphatic heterocycles. The normalized spacial score (nSPS) is 10.9. The third-order valence-electron chi connectivity index (χ3n) is 3.37. The zero-order valence-corrected chi connectivity index (χ0v) is 14.1. The number of halogens is 2. The Balaban J connectivity index is 1.83. The van der Waals surface area contributed by atoms with E-state index in [0.29, 0.717) is 5.28 Å². The Morgan fingerprint density at radius 1 is 1.32 bits per heavy atom. The van der Waals surface area contributed by atoms with Crippen LogP contribution in [0.3, 0.4) is 0 Å². The summed E-state index contributed by atoms with van der Waals surface area (Å²) in [5, 5.41) is 3.21. The first-order valence-corrected chi connectivity index (χ1v) is 7.88. The molecule has 0 saturated heterocycles. The van der Waals surface area contributed by atoms with Gasteiger partial charge in [0.15, 0.2) is 0 Å². The maximum Gasteiger partial charge on any atom is 0.244 e. The quantitative estimate of drug-likeness (QED) is 0.734. The lowest BCUT2D eigenvalue weighted by Crippen LogP contribution is -2.19. The fourth-order valence-electron chi connectivity index (χ4n) is 2.30. The van der Waals surface area contributed by atoms with Gasteiger partial charge in [0.05, 0.1) is 11.0 Å². The molecule has 0 aliphatic rings. The second-order valence-electron chi connectivity index (χ2n) is 4.96. The van der Waals surface area contributed by atoms with Crippen molar-refractivity contribution in [3.63, 3.8) is 0 Å². The van der Waals surface area contributed by atoms with Gasteiger partial charge in [0.1, 0.15) is 6.54 Å². The van der Waals surface area contributed by atoms with Crippen LogP contribution in [0.4, 0.5) is 5.69 Å². The SMILES string of the molecule is Cc1cc(Br)ccc1NC(=O)Cn1c(Cl)nc2ccccc21. The maximum atomic E-state index is 12.3. The standard InChI is InChI=1S/C16H13BrClN3O/c1-10-8-11(17)6-7-12(10)19-15(22)9-21-14-5-3-2-4-13(14)20-16(21)18/h2-8H,9H2,1H3,(H,19,22). The van der Waals surface area contributed by atoms with E-state index in [1.165, 1.54) is 0 Å². The molecule has 1 heterocycles. The molecular formula is C16H13BrClN3O. The van der Waals surface area contributed by atoms with Crippen LogP contribution in [0.5, 0.6) is 0 Å².